The number of hydrogen-bond donors (Lipinski definition) is 2. The number of benzene rings is 1. The molecule has 2 atom stereocenters. The molecule has 1 saturated heterocycles. The van der Waals surface area contributed by atoms with Crippen molar-refractivity contribution in [2.75, 3.05) is 25.9 Å². The number of carbonyl (C=O) groups excluding carboxylic acids is 1. The molecule has 2 aliphatic carbocycles. The first-order valence-electron chi connectivity index (χ1n) is 10.5. The van der Waals surface area contributed by atoms with E-state index in [9.17, 15) is 13.2 Å². The number of hydrogen-bond acceptors (Lipinski definition) is 5. The molecule has 1 amide bonds. The molecule has 2 N–H and O–H groups in total. The van der Waals surface area contributed by atoms with Gasteiger partial charge in [-0.3, -0.25) is 14.4 Å². The molecule has 1 aromatic carbocycles. The minimum atomic E-state index is -3.46. The molecule has 0 aromatic heterocycles. The zero-order valence-corrected chi connectivity index (χ0v) is 18.0. The summed E-state index contributed by atoms with van der Waals surface area (Å²) >= 11 is 0. The average molecular weight is 418 g/mol. The number of likely N-dealkylation sites (tertiary alicyclic amines) is 1. The summed E-state index contributed by atoms with van der Waals surface area (Å²) in [6.07, 6.45) is 7.99. The number of nitrogens with one attached hydrogen (secondary N) is 2. The monoisotopic (exact) mass is 417 g/mol. The summed E-state index contributed by atoms with van der Waals surface area (Å²) in [4.78, 5) is 13.7. The molecule has 6 nitrogen and oxygen atoms in total. The molecule has 0 bridgehead atoms. The first kappa shape index (κ1) is 20.6. The highest BCUT2D eigenvalue weighted by Crippen LogP contribution is 2.50. The van der Waals surface area contributed by atoms with Crippen molar-refractivity contribution >= 4 is 22.0 Å². The zero-order valence-electron chi connectivity index (χ0n) is 17.2. The van der Waals surface area contributed by atoms with Gasteiger partial charge in [-0.05, 0) is 42.6 Å². The van der Waals surface area contributed by atoms with Crippen LogP contribution in [0.5, 0.6) is 0 Å². The Morgan fingerprint density at radius 3 is 2.55 bits per heavy atom. The largest absolute Gasteiger partial charge is 0.311 e. The third-order valence-electron chi connectivity index (χ3n) is 6.42. The van der Waals surface area contributed by atoms with Crippen LogP contribution in [0.3, 0.4) is 0 Å². The van der Waals surface area contributed by atoms with Crippen molar-refractivity contribution in [2.24, 2.45) is 11.3 Å². The van der Waals surface area contributed by atoms with Crippen molar-refractivity contribution in [3.05, 3.63) is 41.5 Å². The van der Waals surface area contributed by atoms with E-state index in [0.29, 0.717) is 23.4 Å². The SMILES string of the molecule is CC/C(=C\c1ccccc1)[C@H]1C[C@@H]1NC1CC2(C1)CN(CC(=O)NS(C)(=O)=O)C2. The summed E-state index contributed by atoms with van der Waals surface area (Å²) in [5.74, 6) is 0.226. The lowest BCUT2D eigenvalue weighted by Gasteiger charge is -2.59. The fourth-order valence-corrected chi connectivity index (χ4v) is 5.62. The van der Waals surface area contributed by atoms with Gasteiger partial charge in [0.05, 0.1) is 12.8 Å². The van der Waals surface area contributed by atoms with Gasteiger partial charge in [-0.25, -0.2) is 8.42 Å². The van der Waals surface area contributed by atoms with Crippen molar-refractivity contribution in [1.29, 1.82) is 0 Å². The maximum absolute atomic E-state index is 11.7. The fraction of sp³-hybridized carbons (Fsp3) is 0.591. The van der Waals surface area contributed by atoms with Gasteiger partial charge in [-0.1, -0.05) is 48.9 Å². The van der Waals surface area contributed by atoms with E-state index < -0.39 is 15.9 Å². The van der Waals surface area contributed by atoms with Crippen LogP contribution in [0.2, 0.25) is 0 Å². The standard InChI is InChI=1S/C22H31N3O3S/c1-3-17(9-16-7-5-4-6-8-16)19-10-20(19)23-18-11-22(12-18)14-25(15-22)13-21(26)24-29(2,27)28/h4-9,18-20,23H,3,10-15H2,1-2H3,(H,24,26)/b17-9+/t19-,20+/m1/s1. The maximum atomic E-state index is 11.7. The molecule has 3 aliphatic rings. The summed E-state index contributed by atoms with van der Waals surface area (Å²) in [6.45, 7) is 4.20. The van der Waals surface area contributed by atoms with Gasteiger partial charge < -0.3 is 5.32 Å². The quantitative estimate of drug-likeness (QED) is 0.676. The second kappa shape index (κ2) is 7.85. The van der Waals surface area contributed by atoms with Gasteiger partial charge in [0.2, 0.25) is 15.9 Å². The van der Waals surface area contributed by atoms with Crippen molar-refractivity contribution in [3.8, 4) is 0 Å². The molecule has 1 spiro atoms. The van der Waals surface area contributed by atoms with Crippen molar-refractivity contribution < 1.29 is 13.2 Å². The normalized spacial score (nSPS) is 26.6. The van der Waals surface area contributed by atoms with Gasteiger partial charge in [-0.15, -0.1) is 0 Å². The van der Waals surface area contributed by atoms with Crippen molar-refractivity contribution in [3.63, 3.8) is 0 Å². The molecule has 158 valence electrons. The number of sulfonamides is 1. The number of rotatable bonds is 8. The predicted octanol–water partition coefficient (Wildman–Crippen LogP) is 2.00. The molecule has 2 saturated carbocycles. The Labute approximate surface area is 173 Å². The average Bonchev–Trinajstić information content (AvgIpc) is 3.34. The fourth-order valence-electron chi connectivity index (χ4n) is 5.14. The minimum Gasteiger partial charge on any atom is -0.311 e. The van der Waals surface area contributed by atoms with Crippen LogP contribution in [0.4, 0.5) is 0 Å². The lowest BCUT2D eigenvalue weighted by Crippen LogP contribution is -2.67. The maximum Gasteiger partial charge on any atom is 0.247 e. The van der Waals surface area contributed by atoms with Gasteiger partial charge in [0.25, 0.3) is 0 Å². The number of carbonyl (C=O) groups is 1. The molecule has 0 radical (unpaired) electrons. The van der Waals surface area contributed by atoms with E-state index in [4.69, 9.17) is 0 Å². The van der Waals surface area contributed by atoms with Crippen LogP contribution in [0, 0.1) is 11.3 Å². The Morgan fingerprint density at radius 1 is 1.24 bits per heavy atom. The van der Waals surface area contributed by atoms with E-state index in [0.717, 1.165) is 38.6 Å². The van der Waals surface area contributed by atoms with Gasteiger partial charge in [-0.2, -0.15) is 0 Å². The second-order valence-corrected chi connectivity index (χ2v) is 10.9. The molecule has 0 unspecified atom stereocenters. The molecular weight excluding hydrogens is 386 g/mol. The third kappa shape index (κ3) is 5.08. The lowest BCUT2D eigenvalue weighted by atomic mass is 9.60. The van der Waals surface area contributed by atoms with E-state index in [-0.39, 0.29) is 6.54 Å². The molecule has 1 aromatic rings. The predicted molar refractivity (Wildman–Crippen MR) is 115 cm³/mol. The van der Waals surface area contributed by atoms with Crippen LogP contribution < -0.4 is 10.0 Å². The Balaban J connectivity index is 1.18. The summed E-state index contributed by atoms with van der Waals surface area (Å²) in [7, 11) is -3.46. The topological polar surface area (TPSA) is 78.5 Å². The molecule has 1 heterocycles. The summed E-state index contributed by atoms with van der Waals surface area (Å²) in [5.41, 5.74) is 3.16. The Hall–Kier alpha value is -1.70. The highest BCUT2D eigenvalue weighted by molar-refractivity contribution is 7.89. The first-order chi connectivity index (χ1) is 13.8. The molecule has 4 rings (SSSR count). The highest BCUT2D eigenvalue weighted by atomic mass is 32.2. The van der Waals surface area contributed by atoms with Crippen LogP contribution in [-0.2, 0) is 14.8 Å². The smallest absolute Gasteiger partial charge is 0.247 e. The second-order valence-electron chi connectivity index (χ2n) is 9.15. The van der Waals surface area contributed by atoms with Crippen molar-refractivity contribution in [2.45, 2.75) is 44.7 Å². The van der Waals surface area contributed by atoms with Gasteiger partial charge >= 0.3 is 0 Å². The number of amides is 1. The molecule has 29 heavy (non-hydrogen) atoms. The van der Waals surface area contributed by atoms with Gasteiger partial charge in [0, 0.05) is 25.2 Å². The van der Waals surface area contributed by atoms with Crippen LogP contribution in [0.25, 0.3) is 6.08 Å². The summed E-state index contributed by atoms with van der Waals surface area (Å²) in [5, 5.41) is 3.83. The van der Waals surface area contributed by atoms with E-state index >= 15 is 0 Å². The Bertz CT molecular complexity index is 883. The van der Waals surface area contributed by atoms with Gasteiger partial charge in [0.1, 0.15) is 0 Å². The first-order valence-corrected chi connectivity index (χ1v) is 12.4. The van der Waals surface area contributed by atoms with Crippen LogP contribution >= 0.6 is 0 Å². The Morgan fingerprint density at radius 2 is 1.93 bits per heavy atom. The summed E-state index contributed by atoms with van der Waals surface area (Å²) < 4.78 is 24.3. The molecule has 3 fully saturated rings. The lowest BCUT2D eigenvalue weighted by molar-refractivity contribution is -0.128. The van der Waals surface area contributed by atoms with E-state index in [2.05, 4.69) is 48.6 Å². The van der Waals surface area contributed by atoms with Crippen LogP contribution in [-0.4, -0.2) is 57.2 Å². The van der Waals surface area contributed by atoms with E-state index in [1.165, 1.54) is 17.6 Å². The number of nitrogens with zero attached hydrogens (tertiary/aromatic N) is 1. The van der Waals surface area contributed by atoms with E-state index in [1.54, 1.807) is 0 Å². The zero-order chi connectivity index (χ0) is 20.6. The van der Waals surface area contributed by atoms with Crippen LogP contribution in [0.15, 0.2) is 35.9 Å². The van der Waals surface area contributed by atoms with Crippen molar-refractivity contribution in [1.82, 2.24) is 14.9 Å². The Kier molecular flexibility index (Phi) is 5.57. The highest BCUT2D eigenvalue weighted by Gasteiger charge is 2.54. The molecule has 1 aliphatic heterocycles. The molecule has 7 heteroatoms. The van der Waals surface area contributed by atoms with E-state index in [1.807, 2.05) is 9.62 Å². The molecular formula is C22H31N3O3S. The third-order valence-corrected chi connectivity index (χ3v) is 7.02. The van der Waals surface area contributed by atoms with Gasteiger partial charge in [0.15, 0.2) is 0 Å². The van der Waals surface area contributed by atoms with Crippen LogP contribution in [0.1, 0.15) is 38.2 Å². The summed E-state index contributed by atoms with van der Waals surface area (Å²) in [6, 6.07) is 11.7. The minimum absolute atomic E-state index is 0.168.